The molecule has 2 nitrogen and oxygen atoms in total. The minimum absolute atomic E-state index is 0.687. The van der Waals surface area contributed by atoms with E-state index in [0.717, 1.165) is 11.7 Å². The molecule has 0 saturated heterocycles. The molecule has 0 saturated carbocycles. The van der Waals surface area contributed by atoms with Gasteiger partial charge in [0.2, 0.25) is 0 Å². The normalized spacial score (nSPS) is 12.4. The molecule has 0 bridgehead atoms. The molecule has 3 heteroatoms. The molecule has 0 amide bonds. The first kappa shape index (κ1) is 11.4. The van der Waals surface area contributed by atoms with Crippen LogP contribution in [0.4, 0.5) is 0 Å². The molecule has 1 aromatic carbocycles. The van der Waals surface area contributed by atoms with Gasteiger partial charge in [-0.25, -0.2) is 0 Å². The Labute approximate surface area is 86.7 Å². The highest BCUT2D eigenvalue weighted by Crippen LogP contribution is 2.31. The lowest BCUT2D eigenvalue weighted by molar-refractivity contribution is 0.377. The van der Waals surface area contributed by atoms with E-state index < -0.39 is 8.30 Å². The first-order valence-electron chi connectivity index (χ1n) is 4.62. The molecule has 0 heterocycles. The fourth-order valence-corrected chi connectivity index (χ4v) is 2.14. The molecule has 0 fully saturated rings. The van der Waals surface area contributed by atoms with E-state index in [1.165, 1.54) is 5.56 Å². The zero-order valence-electron chi connectivity index (χ0n) is 8.44. The maximum Gasteiger partial charge on any atom is 0.103 e. The highest BCUT2D eigenvalue weighted by atomic mass is 31.2. The Balaban J connectivity index is 2.55. The van der Waals surface area contributed by atoms with E-state index >= 15 is 0 Å². The molecule has 1 unspecified atom stereocenters. The van der Waals surface area contributed by atoms with Crippen molar-refractivity contribution >= 4 is 14.4 Å². The van der Waals surface area contributed by atoms with Crippen molar-refractivity contribution in [3.05, 3.63) is 42.0 Å². The molecule has 0 aliphatic heterocycles. The lowest BCUT2D eigenvalue weighted by Crippen LogP contribution is -1.97. The first-order chi connectivity index (χ1) is 6.76. The van der Waals surface area contributed by atoms with Gasteiger partial charge in [0, 0.05) is 12.8 Å². The maximum atomic E-state index is 5.81. The summed E-state index contributed by atoms with van der Waals surface area (Å²) in [7, 11) is -0.797. The van der Waals surface area contributed by atoms with Gasteiger partial charge in [-0.1, -0.05) is 36.9 Å². The second-order valence-corrected chi connectivity index (χ2v) is 4.35. The van der Waals surface area contributed by atoms with E-state index in [4.69, 9.17) is 10.0 Å². The van der Waals surface area contributed by atoms with E-state index in [1.54, 1.807) is 0 Å². The van der Waals surface area contributed by atoms with E-state index in [-0.39, 0.29) is 0 Å². The van der Waals surface area contributed by atoms with Crippen LogP contribution in [0.1, 0.15) is 18.1 Å². The standard InChI is InChI=1S/C11H16NOP/c1-3-10-5-7-11(8-6-10)9-14(12)13-4-2/h3,5-8H,1,4,9,12H2,2H3. The first-order valence-corrected chi connectivity index (χ1v) is 6.14. The smallest absolute Gasteiger partial charge is 0.103 e. The summed E-state index contributed by atoms with van der Waals surface area (Å²) in [6, 6.07) is 8.21. The summed E-state index contributed by atoms with van der Waals surface area (Å²) in [5.41, 5.74) is 8.16. The third-order valence-corrected chi connectivity index (χ3v) is 3.12. The Morgan fingerprint density at radius 2 is 2.07 bits per heavy atom. The van der Waals surface area contributed by atoms with Crippen LogP contribution in [0.5, 0.6) is 0 Å². The van der Waals surface area contributed by atoms with Gasteiger partial charge in [0.15, 0.2) is 0 Å². The van der Waals surface area contributed by atoms with Crippen molar-refractivity contribution in [1.29, 1.82) is 0 Å². The number of nitrogens with two attached hydrogens (primary N) is 1. The highest BCUT2D eigenvalue weighted by Gasteiger charge is 2.02. The molecule has 0 aliphatic rings. The fourth-order valence-electron chi connectivity index (χ4n) is 1.15. The van der Waals surface area contributed by atoms with Crippen LogP contribution in [-0.4, -0.2) is 6.61 Å². The van der Waals surface area contributed by atoms with Gasteiger partial charge >= 0.3 is 0 Å². The van der Waals surface area contributed by atoms with Crippen LogP contribution in [0, 0.1) is 0 Å². The maximum absolute atomic E-state index is 5.81. The molecule has 1 rings (SSSR count). The zero-order valence-corrected chi connectivity index (χ0v) is 9.34. The van der Waals surface area contributed by atoms with Gasteiger partial charge in [0.05, 0.1) is 0 Å². The second-order valence-electron chi connectivity index (χ2n) is 2.94. The molecule has 2 N–H and O–H groups in total. The number of hydrogen-bond donors (Lipinski definition) is 1. The monoisotopic (exact) mass is 209 g/mol. The van der Waals surface area contributed by atoms with Crippen LogP contribution in [0.2, 0.25) is 0 Å². The van der Waals surface area contributed by atoms with Gasteiger partial charge in [-0.05, 0) is 18.1 Å². The van der Waals surface area contributed by atoms with E-state index in [9.17, 15) is 0 Å². The Morgan fingerprint density at radius 3 is 2.57 bits per heavy atom. The summed E-state index contributed by atoms with van der Waals surface area (Å²) in [4.78, 5) is 0. The van der Waals surface area contributed by atoms with Crippen LogP contribution >= 0.6 is 8.30 Å². The van der Waals surface area contributed by atoms with Gasteiger partial charge in [0.25, 0.3) is 0 Å². The lowest BCUT2D eigenvalue weighted by atomic mass is 10.1. The third-order valence-electron chi connectivity index (χ3n) is 1.85. The topological polar surface area (TPSA) is 35.2 Å². The van der Waals surface area contributed by atoms with Crippen LogP contribution in [-0.2, 0) is 10.7 Å². The zero-order chi connectivity index (χ0) is 10.4. The summed E-state index contributed by atoms with van der Waals surface area (Å²) in [5, 5.41) is 0. The third kappa shape index (κ3) is 3.59. The van der Waals surface area contributed by atoms with Crippen molar-refractivity contribution in [3.8, 4) is 0 Å². The number of benzene rings is 1. The molecule has 0 radical (unpaired) electrons. The SMILES string of the molecule is C=Cc1ccc(CP(N)OCC)cc1. The van der Waals surface area contributed by atoms with E-state index in [0.29, 0.717) is 6.61 Å². The van der Waals surface area contributed by atoms with E-state index in [1.807, 2.05) is 25.1 Å². The van der Waals surface area contributed by atoms with Crippen LogP contribution < -0.4 is 5.50 Å². The molecule has 0 aliphatic carbocycles. The number of rotatable bonds is 5. The molecule has 14 heavy (non-hydrogen) atoms. The minimum Gasteiger partial charge on any atom is -0.344 e. The molecule has 0 spiro atoms. The van der Waals surface area contributed by atoms with Crippen molar-refractivity contribution in [1.82, 2.24) is 0 Å². The average Bonchev–Trinajstić information content (AvgIpc) is 2.19. The molecule has 0 aromatic heterocycles. The Kier molecular flexibility index (Phi) is 4.81. The van der Waals surface area contributed by atoms with E-state index in [2.05, 4.69) is 18.7 Å². The van der Waals surface area contributed by atoms with Crippen LogP contribution in [0.3, 0.4) is 0 Å². The summed E-state index contributed by atoms with van der Waals surface area (Å²) in [6.07, 6.45) is 2.65. The predicted octanol–water partition coefficient (Wildman–Crippen LogP) is 3.14. The summed E-state index contributed by atoms with van der Waals surface area (Å²) in [5.74, 6) is 0. The Bertz CT molecular complexity index is 284. The predicted molar refractivity (Wildman–Crippen MR) is 63.0 cm³/mol. The summed E-state index contributed by atoms with van der Waals surface area (Å²) < 4.78 is 5.32. The van der Waals surface area contributed by atoms with Gasteiger partial charge in [-0.2, -0.15) is 0 Å². The van der Waals surface area contributed by atoms with Crippen molar-refractivity contribution in [2.45, 2.75) is 13.1 Å². The second kappa shape index (κ2) is 5.92. The van der Waals surface area contributed by atoms with Gasteiger partial charge in [-0.3, -0.25) is 5.50 Å². The minimum atomic E-state index is -0.797. The quantitative estimate of drug-likeness (QED) is 0.756. The van der Waals surface area contributed by atoms with Gasteiger partial charge in [-0.15, -0.1) is 0 Å². The van der Waals surface area contributed by atoms with Gasteiger partial charge in [0.1, 0.15) is 8.30 Å². The average molecular weight is 209 g/mol. The van der Waals surface area contributed by atoms with Gasteiger partial charge < -0.3 is 4.52 Å². The Hall–Kier alpha value is -0.690. The van der Waals surface area contributed by atoms with Crippen molar-refractivity contribution in [2.24, 2.45) is 5.50 Å². The summed E-state index contributed by atoms with van der Waals surface area (Å²) in [6.45, 7) is 6.35. The molecule has 1 atom stereocenters. The molecule has 1 aromatic rings. The largest absolute Gasteiger partial charge is 0.344 e. The summed E-state index contributed by atoms with van der Waals surface area (Å²) >= 11 is 0. The van der Waals surface area contributed by atoms with Crippen molar-refractivity contribution < 1.29 is 4.52 Å². The van der Waals surface area contributed by atoms with Crippen molar-refractivity contribution in [2.75, 3.05) is 6.61 Å². The molecular weight excluding hydrogens is 193 g/mol. The number of hydrogen-bond acceptors (Lipinski definition) is 2. The molecule has 76 valence electrons. The fraction of sp³-hybridized carbons (Fsp3) is 0.273. The Morgan fingerprint density at radius 1 is 1.43 bits per heavy atom. The highest BCUT2D eigenvalue weighted by molar-refractivity contribution is 7.49. The van der Waals surface area contributed by atoms with Crippen LogP contribution in [0.15, 0.2) is 30.8 Å². The molecular formula is C11H16NOP. The van der Waals surface area contributed by atoms with Crippen LogP contribution in [0.25, 0.3) is 6.08 Å². The lowest BCUT2D eigenvalue weighted by Gasteiger charge is -2.10. The van der Waals surface area contributed by atoms with Crippen molar-refractivity contribution in [3.63, 3.8) is 0 Å².